The third-order valence-electron chi connectivity index (χ3n) is 8.27. The van der Waals surface area contributed by atoms with Crippen LogP contribution in [-0.2, 0) is 4.79 Å². The van der Waals surface area contributed by atoms with Gasteiger partial charge in [0, 0.05) is 51.0 Å². The van der Waals surface area contributed by atoms with Crippen LogP contribution < -0.4 is 16.2 Å². The number of likely N-dealkylation sites (tertiary alicyclic amines) is 1. The lowest BCUT2D eigenvalue weighted by molar-refractivity contribution is -0.198. The maximum atomic E-state index is 13.5. The zero-order chi connectivity index (χ0) is 20.9. The Labute approximate surface area is 176 Å². The van der Waals surface area contributed by atoms with E-state index in [0.29, 0.717) is 38.0 Å². The fraction of sp³-hybridized carbons (Fsp3) is 0.952. The summed E-state index contributed by atoms with van der Waals surface area (Å²) in [7, 11) is 0. The molecule has 6 atom stereocenters. The molecule has 2 aliphatic carbocycles. The molecule has 0 spiro atoms. The van der Waals surface area contributed by atoms with Crippen molar-refractivity contribution in [3.8, 4) is 0 Å². The standard InChI is InChI=1S/C21H34F3N5O/c22-21(23,24)15-4-2-1-3-14(15)10-29-12-25-16-11-28(8-7-17(16)29)18-9-26-27-20(30)19(18)13-5-6-13/h13-19,25-26H,1-12H2,(H,27,30). The topological polar surface area (TPSA) is 59.6 Å². The van der Waals surface area contributed by atoms with E-state index in [4.69, 9.17) is 0 Å². The van der Waals surface area contributed by atoms with Crippen LogP contribution in [-0.4, -0.2) is 72.9 Å². The van der Waals surface area contributed by atoms with Crippen LogP contribution >= 0.6 is 0 Å². The molecular formula is C21H34F3N5O. The number of hydrogen-bond acceptors (Lipinski definition) is 5. The number of carbonyl (C=O) groups excluding carboxylic acids is 1. The van der Waals surface area contributed by atoms with Crippen molar-refractivity contribution in [1.82, 2.24) is 26.0 Å². The van der Waals surface area contributed by atoms with Gasteiger partial charge in [-0.25, -0.2) is 5.43 Å². The minimum atomic E-state index is -4.08. The van der Waals surface area contributed by atoms with Crippen LogP contribution in [0.1, 0.15) is 44.9 Å². The summed E-state index contributed by atoms with van der Waals surface area (Å²) < 4.78 is 40.5. The van der Waals surface area contributed by atoms with Gasteiger partial charge in [-0.3, -0.25) is 25.3 Å². The summed E-state index contributed by atoms with van der Waals surface area (Å²) in [5.74, 6) is -0.727. The molecule has 1 amide bonds. The maximum absolute atomic E-state index is 13.5. The van der Waals surface area contributed by atoms with Gasteiger partial charge in [-0.1, -0.05) is 12.8 Å². The monoisotopic (exact) mass is 429 g/mol. The predicted molar refractivity (Wildman–Crippen MR) is 106 cm³/mol. The molecule has 0 aromatic carbocycles. The van der Waals surface area contributed by atoms with Crippen LogP contribution in [0.15, 0.2) is 0 Å². The summed E-state index contributed by atoms with van der Waals surface area (Å²) in [6.07, 6.45) is 1.76. The SMILES string of the molecule is O=C1NNCC(N2CCC3C(C2)NCN3CC2CCCCC2C(F)(F)F)C1C1CC1. The van der Waals surface area contributed by atoms with E-state index in [2.05, 4.69) is 26.0 Å². The van der Waals surface area contributed by atoms with Gasteiger partial charge in [-0.2, -0.15) is 13.2 Å². The summed E-state index contributed by atoms with van der Waals surface area (Å²) in [5, 5.41) is 3.57. The van der Waals surface area contributed by atoms with Crippen LogP contribution in [0.2, 0.25) is 0 Å². The molecule has 6 nitrogen and oxygen atoms in total. The molecule has 0 radical (unpaired) electrons. The zero-order valence-electron chi connectivity index (χ0n) is 17.5. The Kier molecular flexibility index (Phi) is 5.75. The van der Waals surface area contributed by atoms with Crippen molar-refractivity contribution in [3.05, 3.63) is 0 Å². The molecule has 3 heterocycles. The first-order chi connectivity index (χ1) is 14.4. The van der Waals surface area contributed by atoms with Gasteiger partial charge in [-0.05, 0) is 43.9 Å². The Hall–Kier alpha value is -0.900. The van der Waals surface area contributed by atoms with E-state index in [1.807, 2.05) is 0 Å². The smallest absolute Gasteiger partial charge is 0.299 e. The van der Waals surface area contributed by atoms with E-state index < -0.39 is 12.1 Å². The first-order valence-electron chi connectivity index (χ1n) is 11.7. The summed E-state index contributed by atoms with van der Waals surface area (Å²) in [6.45, 7) is 3.78. The molecule has 0 aromatic heterocycles. The molecule has 2 saturated carbocycles. The van der Waals surface area contributed by atoms with Gasteiger partial charge in [0.1, 0.15) is 0 Å². The van der Waals surface area contributed by atoms with Crippen molar-refractivity contribution in [2.75, 3.05) is 32.8 Å². The molecule has 170 valence electrons. The Bertz CT molecular complexity index is 643. The highest BCUT2D eigenvalue weighted by Crippen LogP contribution is 2.43. The minimum Gasteiger partial charge on any atom is -0.299 e. The Morgan fingerprint density at radius 3 is 2.60 bits per heavy atom. The van der Waals surface area contributed by atoms with Crippen LogP contribution in [0.3, 0.4) is 0 Å². The van der Waals surface area contributed by atoms with Crippen molar-refractivity contribution in [2.45, 2.75) is 69.2 Å². The second-order valence-electron chi connectivity index (χ2n) is 10.1. The Balaban J connectivity index is 1.21. The second kappa shape index (κ2) is 8.22. The Morgan fingerprint density at radius 2 is 1.83 bits per heavy atom. The van der Waals surface area contributed by atoms with E-state index in [9.17, 15) is 18.0 Å². The highest BCUT2D eigenvalue weighted by molar-refractivity contribution is 5.80. The van der Waals surface area contributed by atoms with E-state index >= 15 is 0 Å². The maximum Gasteiger partial charge on any atom is 0.392 e. The largest absolute Gasteiger partial charge is 0.392 e. The van der Waals surface area contributed by atoms with Crippen LogP contribution in [0.5, 0.6) is 0 Å². The first kappa shape index (κ1) is 21.0. The Morgan fingerprint density at radius 1 is 1.03 bits per heavy atom. The fourth-order valence-electron chi connectivity index (χ4n) is 6.58. The average Bonchev–Trinajstić information content (AvgIpc) is 3.48. The van der Waals surface area contributed by atoms with Crippen molar-refractivity contribution < 1.29 is 18.0 Å². The second-order valence-corrected chi connectivity index (χ2v) is 10.1. The van der Waals surface area contributed by atoms with Gasteiger partial charge < -0.3 is 0 Å². The van der Waals surface area contributed by atoms with Crippen molar-refractivity contribution in [3.63, 3.8) is 0 Å². The van der Waals surface area contributed by atoms with E-state index in [1.165, 1.54) is 0 Å². The molecule has 30 heavy (non-hydrogen) atoms. The van der Waals surface area contributed by atoms with Crippen molar-refractivity contribution in [1.29, 1.82) is 0 Å². The van der Waals surface area contributed by atoms with Gasteiger partial charge in [0.2, 0.25) is 5.91 Å². The number of amides is 1. The number of piperidine rings is 1. The lowest BCUT2D eigenvalue weighted by atomic mass is 9.78. The average molecular weight is 430 g/mol. The number of halogens is 3. The number of alkyl halides is 3. The van der Waals surface area contributed by atoms with E-state index in [0.717, 1.165) is 45.3 Å². The number of nitrogens with zero attached hydrogens (tertiary/aromatic N) is 2. The molecule has 5 aliphatic rings. The van der Waals surface area contributed by atoms with Gasteiger partial charge in [0.15, 0.2) is 0 Å². The summed E-state index contributed by atoms with van der Waals surface area (Å²) in [5.41, 5.74) is 5.86. The lowest BCUT2D eigenvalue weighted by Crippen LogP contribution is -2.64. The predicted octanol–water partition coefficient (Wildman–Crippen LogP) is 1.69. The van der Waals surface area contributed by atoms with Crippen LogP contribution in [0, 0.1) is 23.7 Å². The molecule has 9 heteroatoms. The number of nitrogens with one attached hydrogen (secondary N) is 3. The molecule has 5 rings (SSSR count). The third-order valence-corrected chi connectivity index (χ3v) is 8.27. The first-order valence-corrected chi connectivity index (χ1v) is 11.7. The highest BCUT2D eigenvalue weighted by Gasteiger charge is 2.50. The highest BCUT2D eigenvalue weighted by atomic mass is 19.4. The molecule has 0 aromatic rings. The zero-order valence-corrected chi connectivity index (χ0v) is 17.5. The minimum absolute atomic E-state index is 0.0649. The van der Waals surface area contributed by atoms with Gasteiger partial charge >= 0.3 is 6.18 Å². The number of rotatable bonds is 4. The molecule has 6 unspecified atom stereocenters. The molecular weight excluding hydrogens is 395 g/mol. The number of hydrogen-bond donors (Lipinski definition) is 3. The summed E-state index contributed by atoms with van der Waals surface area (Å²) in [6, 6.07) is 0.800. The molecule has 3 saturated heterocycles. The number of carbonyl (C=O) groups is 1. The van der Waals surface area contributed by atoms with E-state index in [1.54, 1.807) is 0 Å². The normalized spacial score (nSPS) is 41.5. The lowest BCUT2D eigenvalue weighted by Gasteiger charge is -2.45. The van der Waals surface area contributed by atoms with Gasteiger partial charge in [0.25, 0.3) is 0 Å². The van der Waals surface area contributed by atoms with Gasteiger partial charge in [-0.15, -0.1) is 0 Å². The molecule has 0 bridgehead atoms. The quantitative estimate of drug-likeness (QED) is 0.635. The van der Waals surface area contributed by atoms with Gasteiger partial charge in [0.05, 0.1) is 11.8 Å². The number of fused-ring (bicyclic) bond motifs is 1. The molecule has 5 fully saturated rings. The fourth-order valence-corrected chi connectivity index (χ4v) is 6.58. The summed E-state index contributed by atoms with van der Waals surface area (Å²) in [4.78, 5) is 17.2. The van der Waals surface area contributed by atoms with Crippen molar-refractivity contribution >= 4 is 5.91 Å². The number of hydrazine groups is 1. The summed E-state index contributed by atoms with van der Waals surface area (Å²) >= 11 is 0. The third kappa shape index (κ3) is 4.10. The van der Waals surface area contributed by atoms with Crippen LogP contribution in [0.25, 0.3) is 0 Å². The van der Waals surface area contributed by atoms with Crippen LogP contribution in [0.4, 0.5) is 13.2 Å². The van der Waals surface area contributed by atoms with Crippen molar-refractivity contribution in [2.24, 2.45) is 23.7 Å². The molecule has 3 N–H and O–H groups in total. The molecule has 3 aliphatic heterocycles. The van der Waals surface area contributed by atoms with E-state index in [-0.39, 0.29) is 36.2 Å².